The SMILES string of the molecule is O=C(Cc1ccccc1)N=C1S[C@H]2CS(=O)(=O)C[C@@H]2N1c1ccc(Br)cc1F. The molecule has 0 saturated carbocycles. The van der Waals surface area contributed by atoms with Gasteiger partial charge in [0, 0.05) is 9.72 Å². The summed E-state index contributed by atoms with van der Waals surface area (Å²) in [6.45, 7) is 0. The molecule has 2 aromatic rings. The minimum absolute atomic E-state index is 0.00285. The molecule has 2 atom stereocenters. The van der Waals surface area contributed by atoms with E-state index < -0.39 is 21.7 Å². The number of aliphatic imine (C=N–C) groups is 1. The van der Waals surface area contributed by atoms with Crippen molar-refractivity contribution in [3.05, 3.63) is 64.4 Å². The van der Waals surface area contributed by atoms with Gasteiger partial charge < -0.3 is 4.90 Å². The number of anilines is 1. The molecular formula is C19H16BrFN2O3S2. The van der Waals surface area contributed by atoms with Crippen LogP contribution >= 0.6 is 27.7 Å². The number of benzene rings is 2. The summed E-state index contributed by atoms with van der Waals surface area (Å²) >= 11 is 4.46. The van der Waals surface area contributed by atoms with Gasteiger partial charge in [0.05, 0.1) is 29.7 Å². The molecule has 0 N–H and O–H groups in total. The molecule has 2 aromatic carbocycles. The van der Waals surface area contributed by atoms with Crippen molar-refractivity contribution in [3.63, 3.8) is 0 Å². The molecule has 0 aliphatic carbocycles. The van der Waals surface area contributed by atoms with Gasteiger partial charge in [0.1, 0.15) is 5.82 Å². The predicted octanol–water partition coefficient (Wildman–Crippen LogP) is 3.43. The van der Waals surface area contributed by atoms with Gasteiger partial charge in [-0.25, -0.2) is 12.8 Å². The monoisotopic (exact) mass is 482 g/mol. The number of nitrogens with zero attached hydrogens (tertiary/aromatic N) is 2. The Bertz CT molecular complexity index is 1060. The van der Waals surface area contributed by atoms with Gasteiger partial charge in [-0.1, -0.05) is 58.0 Å². The van der Waals surface area contributed by atoms with Crippen LogP contribution < -0.4 is 4.90 Å². The third-order valence-electron chi connectivity index (χ3n) is 4.65. The maximum Gasteiger partial charge on any atom is 0.252 e. The first-order valence-electron chi connectivity index (χ1n) is 8.59. The van der Waals surface area contributed by atoms with Gasteiger partial charge in [-0.3, -0.25) is 4.79 Å². The Kier molecular flexibility index (Phi) is 5.32. The zero-order valence-electron chi connectivity index (χ0n) is 14.6. The van der Waals surface area contributed by atoms with Crippen LogP contribution in [-0.4, -0.2) is 42.3 Å². The van der Waals surface area contributed by atoms with Gasteiger partial charge in [-0.05, 0) is 23.8 Å². The Morgan fingerprint density at radius 1 is 1.21 bits per heavy atom. The summed E-state index contributed by atoms with van der Waals surface area (Å²) < 4.78 is 39.4. The number of carbonyl (C=O) groups is 1. The fourth-order valence-corrected chi connectivity index (χ4v) is 7.70. The summed E-state index contributed by atoms with van der Waals surface area (Å²) in [6.07, 6.45) is 0.134. The number of amidine groups is 1. The quantitative estimate of drug-likeness (QED) is 0.670. The van der Waals surface area contributed by atoms with Crippen LogP contribution in [0.3, 0.4) is 0 Å². The summed E-state index contributed by atoms with van der Waals surface area (Å²) in [4.78, 5) is 18.3. The molecule has 0 aromatic heterocycles. The molecule has 146 valence electrons. The van der Waals surface area contributed by atoms with Crippen molar-refractivity contribution in [2.45, 2.75) is 17.7 Å². The Morgan fingerprint density at radius 3 is 2.68 bits per heavy atom. The lowest BCUT2D eigenvalue weighted by atomic mass is 10.1. The van der Waals surface area contributed by atoms with Crippen LogP contribution in [0.4, 0.5) is 10.1 Å². The molecule has 0 bridgehead atoms. The molecule has 0 unspecified atom stereocenters. The van der Waals surface area contributed by atoms with Crippen molar-refractivity contribution in [1.82, 2.24) is 0 Å². The van der Waals surface area contributed by atoms with Gasteiger partial charge in [-0.2, -0.15) is 4.99 Å². The van der Waals surface area contributed by atoms with Crippen LogP contribution in [-0.2, 0) is 21.1 Å². The van der Waals surface area contributed by atoms with Crippen molar-refractivity contribution in [2.24, 2.45) is 4.99 Å². The second-order valence-electron chi connectivity index (χ2n) is 6.72. The van der Waals surface area contributed by atoms with Gasteiger partial charge in [0.2, 0.25) is 0 Å². The fourth-order valence-electron chi connectivity index (χ4n) is 3.44. The van der Waals surface area contributed by atoms with E-state index in [0.717, 1.165) is 5.56 Å². The molecule has 2 aliphatic heterocycles. The van der Waals surface area contributed by atoms with Crippen molar-refractivity contribution in [2.75, 3.05) is 16.4 Å². The molecule has 28 heavy (non-hydrogen) atoms. The maximum absolute atomic E-state index is 14.6. The Morgan fingerprint density at radius 2 is 1.96 bits per heavy atom. The van der Waals surface area contributed by atoms with Gasteiger partial charge in [0.15, 0.2) is 15.0 Å². The van der Waals surface area contributed by atoms with Crippen LogP contribution in [0.2, 0.25) is 0 Å². The molecule has 5 nitrogen and oxygen atoms in total. The Balaban J connectivity index is 1.68. The molecule has 2 aliphatic rings. The standard InChI is InChI=1S/C19H16BrFN2O3S2/c20-13-6-7-15(14(21)9-13)23-16-10-28(25,26)11-17(16)27-19(23)22-18(24)8-12-4-2-1-3-5-12/h1-7,9,16-17H,8,10-11H2/t16-,17-/m0/s1. The second-order valence-corrected chi connectivity index (χ2v) is 11.0. The Labute approximate surface area is 175 Å². The molecule has 0 spiro atoms. The first-order chi connectivity index (χ1) is 13.3. The summed E-state index contributed by atoms with van der Waals surface area (Å²) in [7, 11) is -3.20. The van der Waals surface area contributed by atoms with E-state index in [1.54, 1.807) is 17.0 Å². The Hall–Kier alpha value is -1.71. The van der Waals surface area contributed by atoms with E-state index in [2.05, 4.69) is 20.9 Å². The summed E-state index contributed by atoms with van der Waals surface area (Å²) in [6, 6.07) is 13.4. The van der Waals surface area contributed by atoms with E-state index in [-0.39, 0.29) is 34.8 Å². The highest BCUT2D eigenvalue weighted by atomic mass is 79.9. The number of thioether (sulfide) groups is 1. The number of amides is 1. The number of rotatable bonds is 3. The molecule has 4 rings (SSSR count). The molecule has 2 heterocycles. The van der Waals surface area contributed by atoms with Gasteiger partial charge in [-0.15, -0.1) is 0 Å². The van der Waals surface area contributed by atoms with Crippen molar-refractivity contribution < 1.29 is 17.6 Å². The second kappa shape index (κ2) is 7.61. The van der Waals surface area contributed by atoms with Crippen LogP contribution in [0.15, 0.2) is 58.0 Å². The van der Waals surface area contributed by atoms with E-state index in [1.807, 2.05) is 30.3 Å². The van der Waals surface area contributed by atoms with Crippen LogP contribution in [0.1, 0.15) is 5.56 Å². The lowest BCUT2D eigenvalue weighted by Gasteiger charge is -2.25. The van der Waals surface area contributed by atoms with Crippen LogP contribution in [0.25, 0.3) is 0 Å². The highest BCUT2D eigenvalue weighted by Crippen LogP contribution is 2.42. The van der Waals surface area contributed by atoms with E-state index >= 15 is 0 Å². The van der Waals surface area contributed by atoms with E-state index in [1.165, 1.54) is 17.8 Å². The number of halogens is 2. The average molecular weight is 483 g/mol. The highest BCUT2D eigenvalue weighted by molar-refractivity contribution is 9.10. The van der Waals surface area contributed by atoms with Crippen molar-refractivity contribution in [3.8, 4) is 0 Å². The summed E-state index contributed by atoms with van der Waals surface area (Å²) in [5, 5.41) is 0.0865. The number of carbonyl (C=O) groups excluding carboxylic acids is 1. The highest BCUT2D eigenvalue weighted by Gasteiger charge is 2.50. The lowest BCUT2D eigenvalue weighted by molar-refractivity contribution is -0.117. The van der Waals surface area contributed by atoms with Crippen molar-refractivity contribution >= 4 is 54.3 Å². The normalized spacial score (nSPS) is 24.5. The van der Waals surface area contributed by atoms with Crippen molar-refractivity contribution in [1.29, 1.82) is 0 Å². The zero-order valence-corrected chi connectivity index (χ0v) is 17.8. The van der Waals surface area contributed by atoms with Gasteiger partial charge in [0.25, 0.3) is 5.91 Å². The van der Waals surface area contributed by atoms with E-state index in [9.17, 15) is 17.6 Å². The third-order valence-corrected chi connectivity index (χ3v) is 8.36. The van der Waals surface area contributed by atoms with Gasteiger partial charge >= 0.3 is 0 Å². The summed E-state index contributed by atoms with van der Waals surface area (Å²) in [5.41, 5.74) is 1.07. The van der Waals surface area contributed by atoms with E-state index in [0.29, 0.717) is 9.64 Å². The first-order valence-corrected chi connectivity index (χ1v) is 12.1. The summed E-state index contributed by atoms with van der Waals surface area (Å²) in [5.74, 6) is -0.920. The minimum atomic E-state index is -3.20. The lowest BCUT2D eigenvalue weighted by Crippen LogP contribution is -2.38. The average Bonchev–Trinajstić information content (AvgIpc) is 3.07. The molecule has 2 saturated heterocycles. The van der Waals surface area contributed by atoms with E-state index in [4.69, 9.17) is 0 Å². The predicted molar refractivity (Wildman–Crippen MR) is 113 cm³/mol. The van der Waals surface area contributed by atoms with Crippen LogP contribution in [0, 0.1) is 5.82 Å². The first kappa shape index (κ1) is 19.6. The largest absolute Gasteiger partial charge is 0.313 e. The number of fused-ring (bicyclic) bond motifs is 1. The minimum Gasteiger partial charge on any atom is -0.313 e. The number of sulfone groups is 1. The number of hydrogen-bond donors (Lipinski definition) is 0. The number of hydrogen-bond acceptors (Lipinski definition) is 4. The molecule has 9 heteroatoms. The van der Waals surface area contributed by atoms with Crippen LogP contribution in [0.5, 0.6) is 0 Å². The third kappa shape index (κ3) is 4.01. The molecular weight excluding hydrogens is 467 g/mol. The molecule has 0 radical (unpaired) electrons. The smallest absolute Gasteiger partial charge is 0.252 e. The molecule has 2 fully saturated rings. The maximum atomic E-state index is 14.6. The fraction of sp³-hybridized carbons (Fsp3) is 0.263. The zero-order chi connectivity index (χ0) is 19.9. The topological polar surface area (TPSA) is 66.8 Å². The molecule has 1 amide bonds.